The number of hydrogen-bond donors (Lipinski definition) is 1. The van der Waals surface area contributed by atoms with Gasteiger partial charge in [-0.2, -0.15) is 0 Å². The monoisotopic (exact) mass is 386 g/mol. The smallest absolute Gasteiger partial charge is 0.234 e. The first kappa shape index (κ1) is 18.5. The second-order valence-corrected chi connectivity index (χ2v) is 8.09. The quantitative estimate of drug-likeness (QED) is 0.874. The molecule has 1 saturated carbocycles. The first-order valence-electron chi connectivity index (χ1n) is 10.00. The molecule has 0 radical (unpaired) electrons. The topological polar surface area (TPSA) is 48.5 Å². The van der Waals surface area contributed by atoms with E-state index in [4.69, 9.17) is 11.6 Å². The molecule has 27 heavy (non-hydrogen) atoms. The van der Waals surface area contributed by atoms with E-state index in [-0.39, 0.29) is 5.91 Å². The minimum Gasteiger partial charge on any atom is -0.368 e. The molecule has 1 aromatic heterocycles. The predicted molar refractivity (Wildman–Crippen MR) is 110 cm³/mol. The van der Waals surface area contributed by atoms with Crippen LogP contribution in [0.3, 0.4) is 0 Å². The normalized spacial score (nSPS) is 19.4. The van der Waals surface area contributed by atoms with Gasteiger partial charge in [-0.3, -0.25) is 14.7 Å². The van der Waals surface area contributed by atoms with Gasteiger partial charge >= 0.3 is 0 Å². The third kappa shape index (κ3) is 4.53. The van der Waals surface area contributed by atoms with E-state index in [1.165, 1.54) is 24.9 Å². The van der Waals surface area contributed by atoms with Crippen molar-refractivity contribution in [2.45, 2.75) is 38.1 Å². The number of carbonyl (C=O) groups excluding carboxylic acids is 1. The van der Waals surface area contributed by atoms with Crippen LogP contribution >= 0.6 is 11.6 Å². The van der Waals surface area contributed by atoms with E-state index in [9.17, 15) is 4.79 Å². The average molecular weight is 387 g/mol. The van der Waals surface area contributed by atoms with E-state index < -0.39 is 0 Å². The number of piperazine rings is 1. The first-order valence-corrected chi connectivity index (χ1v) is 10.4. The molecule has 2 aliphatic rings. The van der Waals surface area contributed by atoms with E-state index in [1.54, 1.807) is 0 Å². The zero-order chi connectivity index (χ0) is 18.6. The number of halogens is 1. The van der Waals surface area contributed by atoms with Gasteiger partial charge in [-0.15, -0.1) is 0 Å². The average Bonchev–Trinajstić information content (AvgIpc) is 2.68. The number of fused-ring (bicyclic) bond motifs is 1. The molecule has 1 aliphatic carbocycles. The lowest BCUT2D eigenvalue weighted by Gasteiger charge is -2.36. The number of anilines is 1. The van der Waals surface area contributed by atoms with Crippen molar-refractivity contribution in [2.24, 2.45) is 0 Å². The molecular weight excluding hydrogens is 360 g/mol. The van der Waals surface area contributed by atoms with Crippen LogP contribution in [-0.2, 0) is 4.79 Å². The van der Waals surface area contributed by atoms with Crippen LogP contribution in [0, 0.1) is 0 Å². The lowest BCUT2D eigenvalue weighted by molar-refractivity contribution is -0.123. The van der Waals surface area contributed by atoms with Crippen molar-refractivity contribution in [2.75, 3.05) is 37.6 Å². The Morgan fingerprint density at radius 2 is 1.89 bits per heavy atom. The highest BCUT2D eigenvalue weighted by molar-refractivity contribution is 6.31. The Morgan fingerprint density at radius 1 is 1.11 bits per heavy atom. The summed E-state index contributed by atoms with van der Waals surface area (Å²) >= 11 is 6.10. The molecule has 2 heterocycles. The summed E-state index contributed by atoms with van der Waals surface area (Å²) < 4.78 is 0. The number of rotatable bonds is 4. The second kappa shape index (κ2) is 8.44. The Kier molecular flexibility index (Phi) is 5.79. The van der Waals surface area contributed by atoms with Crippen molar-refractivity contribution in [1.82, 2.24) is 15.2 Å². The summed E-state index contributed by atoms with van der Waals surface area (Å²) in [6, 6.07) is 8.33. The number of aromatic nitrogens is 1. The third-order valence-electron chi connectivity index (χ3n) is 5.73. The maximum Gasteiger partial charge on any atom is 0.234 e. The largest absolute Gasteiger partial charge is 0.368 e. The van der Waals surface area contributed by atoms with Crippen LogP contribution in [0.4, 0.5) is 5.69 Å². The maximum atomic E-state index is 12.4. The van der Waals surface area contributed by atoms with Crippen LogP contribution < -0.4 is 10.2 Å². The summed E-state index contributed by atoms with van der Waals surface area (Å²) in [7, 11) is 0. The van der Waals surface area contributed by atoms with Gasteiger partial charge in [0.05, 0.1) is 12.1 Å². The fourth-order valence-corrected chi connectivity index (χ4v) is 4.42. The molecule has 0 bridgehead atoms. The molecule has 1 saturated heterocycles. The number of hydrogen-bond acceptors (Lipinski definition) is 4. The van der Waals surface area contributed by atoms with Gasteiger partial charge in [-0.05, 0) is 37.1 Å². The summed E-state index contributed by atoms with van der Waals surface area (Å²) in [4.78, 5) is 21.4. The van der Waals surface area contributed by atoms with E-state index in [0.717, 1.165) is 49.9 Å². The van der Waals surface area contributed by atoms with Crippen LogP contribution in [-0.4, -0.2) is 54.6 Å². The lowest BCUT2D eigenvalue weighted by atomic mass is 9.95. The zero-order valence-corrected chi connectivity index (χ0v) is 16.4. The molecule has 2 aromatic rings. The van der Waals surface area contributed by atoms with Gasteiger partial charge in [-0.25, -0.2) is 0 Å². The fourth-order valence-electron chi connectivity index (χ4n) is 4.25. The molecular formula is C21H27ClN4O. The van der Waals surface area contributed by atoms with Gasteiger partial charge in [0.2, 0.25) is 5.91 Å². The molecule has 5 nitrogen and oxygen atoms in total. The highest BCUT2D eigenvalue weighted by Gasteiger charge is 2.22. The number of nitrogens with zero attached hydrogens (tertiary/aromatic N) is 3. The van der Waals surface area contributed by atoms with Crippen LogP contribution in [0.5, 0.6) is 0 Å². The first-order chi connectivity index (χ1) is 13.2. The number of carbonyl (C=O) groups is 1. The van der Waals surface area contributed by atoms with Gasteiger partial charge in [0.1, 0.15) is 0 Å². The minimum atomic E-state index is 0.180. The molecule has 0 unspecified atom stereocenters. The summed E-state index contributed by atoms with van der Waals surface area (Å²) in [5.41, 5.74) is 2.12. The third-order valence-corrected chi connectivity index (χ3v) is 5.97. The Hall–Kier alpha value is -1.85. The summed E-state index contributed by atoms with van der Waals surface area (Å²) in [5, 5.41) is 5.06. The maximum absolute atomic E-state index is 12.4. The molecule has 144 valence electrons. The van der Waals surface area contributed by atoms with Crippen molar-refractivity contribution in [3.05, 3.63) is 35.5 Å². The number of amides is 1. The predicted octanol–water partition coefficient (Wildman–Crippen LogP) is 3.46. The van der Waals surface area contributed by atoms with Gasteiger partial charge in [0.15, 0.2) is 0 Å². The second-order valence-electron chi connectivity index (χ2n) is 7.66. The molecule has 0 atom stereocenters. The number of pyridine rings is 1. The minimum absolute atomic E-state index is 0.180. The van der Waals surface area contributed by atoms with Crippen LogP contribution in [0.25, 0.3) is 10.9 Å². The van der Waals surface area contributed by atoms with Crippen LogP contribution in [0.15, 0.2) is 30.5 Å². The highest BCUT2D eigenvalue weighted by Crippen LogP contribution is 2.28. The lowest BCUT2D eigenvalue weighted by Crippen LogP contribution is -2.50. The molecule has 1 amide bonds. The van der Waals surface area contributed by atoms with E-state index in [2.05, 4.69) is 26.2 Å². The molecule has 4 rings (SSSR count). The van der Waals surface area contributed by atoms with E-state index >= 15 is 0 Å². The Balaban J connectivity index is 1.33. The highest BCUT2D eigenvalue weighted by atomic mass is 35.5. The van der Waals surface area contributed by atoms with Gasteiger partial charge < -0.3 is 10.2 Å². The summed E-state index contributed by atoms with van der Waals surface area (Å²) in [6.07, 6.45) is 7.92. The van der Waals surface area contributed by atoms with Crippen LogP contribution in [0.1, 0.15) is 32.1 Å². The Bertz CT molecular complexity index is 798. The van der Waals surface area contributed by atoms with Crippen LogP contribution in [0.2, 0.25) is 5.02 Å². The Labute approximate surface area is 165 Å². The van der Waals surface area contributed by atoms with E-state index in [1.807, 2.05) is 24.4 Å². The van der Waals surface area contributed by atoms with Crippen molar-refractivity contribution in [3.8, 4) is 0 Å². The molecule has 0 spiro atoms. The standard InChI is InChI=1S/C21H27ClN4O/c22-16-6-7-18-19(14-16)23-9-8-20(18)26-12-10-25(11-13-26)15-21(27)24-17-4-2-1-3-5-17/h6-9,14,17H,1-5,10-13,15H2,(H,24,27). The van der Waals surface area contributed by atoms with Crippen molar-refractivity contribution >= 4 is 34.1 Å². The molecule has 2 fully saturated rings. The van der Waals surface area contributed by atoms with Crippen molar-refractivity contribution < 1.29 is 4.79 Å². The SMILES string of the molecule is O=C(CN1CCN(c2ccnc3cc(Cl)ccc23)CC1)NC1CCCCC1. The Morgan fingerprint density at radius 3 is 2.67 bits per heavy atom. The summed E-state index contributed by atoms with van der Waals surface area (Å²) in [6.45, 7) is 4.14. The van der Waals surface area contributed by atoms with Crippen molar-refractivity contribution in [3.63, 3.8) is 0 Å². The van der Waals surface area contributed by atoms with E-state index in [0.29, 0.717) is 17.6 Å². The zero-order valence-electron chi connectivity index (χ0n) is 15.7. The molecule has 1 aromatic carbocycles. The van der Waals surface area contributed by atoms with Crippen molar-refractivity contribution in [1.29, 1.82) is 0 Å². The fraction of sp³-hybridized carbons (Fsp3) is 0.524. The summed E-state index contributed by atoms with van der Waals surface area (Å²) in [5.74, 6) is 0.180. The van der Waals surface area contributed by atoms with Gasteiger partial charge in [-0.1, -0.05) is 30.9 Å². The van der Waals surface area contributed by atoms with Gasteiger partial charge in [0.25, 0.3) is 0 Å². The molecule has 1 N–H and O–H groups in total. The molecule has 6 heteroatoms. The van der Waals surface area contributed by atoms with Gasteiger partial charge in [0, 0.05) is 54.5 Å². The molecule has 1 aliphatic heterocycles. The number of benzene rings is 1. The number of nitrogens with one attached hydrogen (secondary N) is 1.